The van der Waals surface area contributed by atoms with Gasteiger partial charge in [0.1, 0.15) is 16.8 Å². The minimum Gasteiger partial charge on any atom is -0.266 e. The highest BCUT2D eigenvalue weighted by Crippen LogP contribution is 2.13. The molecule has 7 heteroatoms. The standard InChI is InChI=1S/C4H8O5S2/c1-3(10(5)6)4-2-8-11(7)9-4/h3-4,10H,2H2,1H3. The lowest BCUT2D eigenvalue weighted by atomic mass is 10.3. The first-order valence-corrected chi connectivity index (χ1v) is 5.21. The van der Waals surface area contributed by atoms with Crippen molar-refractivity contribution in [2.24, 2.45) is 0 Å². The van der Waals surface area contributed by atoms with E-state index in [4.69, 9.17) is 0 Å². The summed E-state index contributed by atoms with van der Waals surface area (Å²) in [5, 5.41) is -0.642. The number of rotatable bonds is 2. The van der Waals surface area contributed by atoms with Gasteiger partial charge in [-0.05, 0) is 6.92 Å². The molecule has 11 heavy (non-hydrogen) atoms. The predicted molar refractivity (Wildman–Crippen MR) is 38.7 cm³/mol. The second kappa shape index (κ2) is 3.61. The van der Waals surface area contributed by atoms with Crippen LogP contribution in [0.2, 0.25) is 0 Å². The molecule has 1 aliphatic heterocycles. The van der Waals surface area contributed by atoms with Crippen molar-refractivity contribution in [3.63, 3.8) is 0 Å². The Bertz CT molecular complexity index is 227. The Balaban J connectivity index is 2.56. The molecule has 0 saturated carbocycles. The fourth-order valence-electron chi connectivity index (χ4n) is 0.635. The van der Waals surface area contributed by atoms with Gasteiger partial charge in [-0.1, -0.05) is 0 Å². The Morgan fingerprint density at radius 3 is 2.64 bits per heavy atom. The molecule has 3 unspecified atom stereocenters. The lowest BCUT2D eigenvalue weighted by Crippen LogP contribution is -2.26. The molecule has 1 saturated heterocycles. The van der Waals surface area contributed by atoms with Gasteiger partial charge < -0.3 is 0 Å². The molecule has 0 aromatic rings. The summed E-state index contributed by atoms with van der Waals surface area (Å²) in [6.07, 6.45) is -0.586. The van der Waals surface area contributed by atoms with Crippen LogP contribution in [-0.4, -0.2) is 30.6 Å². The van der Waals surface area contributed by atoms with Crippen molar-refractivity contribution in [3.05, 3.63) is 0 Å². The van der Waals surface area contributed by atoms with Crippen LogP contribution in [0.3, 0.4) is 0 Å². The zero-order valence-corrected chi connectivity index (χ0v) is 7.47. The molecule has 0 aliphatic carbocycles. The Morgan fingerprint density at radius 1 is 1.64 bits per heavy atom. The van der Waals surface area contributed by atoms with E-state index in [0.717, 1.165) is 0 Å². The van der Waals surface area contributed by atoms with Gasteiger partial charge in [-0.3, -0.25) is 8.37 Å². The molecule has 1 aliphatic rings. The predicted octanol–water partition coefficient (Wildman–Crippen LogP) is -1.02. The number of hydrogen-bond acceptors (Lipinski definition) is 5. The fraction of sp³-hybridized carbons (Fsp3) is 1.00. The quantitative estimate of drug-likeness (QED) is 0.578. The summed E-state index contributed by atoms with van der Waals surface area (Å²) < 4.78 is 40.4. The maximum Gasteiger partial charge on any atom is 0.305 e. The van der Waals surface area contributed by atoms with Gasteiger partial charge in [0, 0.05) is 0 Å². The Hall–Kier alpha value is 0.0200. The summed E-state index contributed by atoms with van der Waals surface area (Å²) in [6, 6.07) is 0. The summed E-state index contributed by atoms with van der Waals surface area (Å²) in [5.41, 5.74) is 0. The van der Waals surface area contributed by atoms with E-state index in [1.54, 1.807) is 0 Å². The van der Waals surface area contributed by atoms with Crippen LogP contribution in [0.25, 0.3) is 0 Å². The third kappa shape index (κ3) is 2.22. The first-order chi connectivity index (χ1) is 5.11. The summed E-state index contributed by atoms with van der Waals surface area (Å²) in [7, 11) is -2.53. The monoisotopic (exact) mass is 200 g/mol. The molecule has 0 aromatic heterocycles. The van der Waals surface area contributed by atoms with E-state index in [2.05, 4.69) is 8.37 Å². The van der Waals surface area contributed by atoms with E-state index >= 15 is 0 Å². The highest BCUT2D eigenvalue weighted by molar-refractivity contribution is 7.75. The van der Waals surface area contributed by atoms with Gasteiger partial charge in [0.2, 0.25) is 0 Å². The van der Waals surface area contributed by atoms with Crippen LogP contribution in [0.15, 0.2) is 0 Å². The largest absolute Gasteiger partial charge is 0.305 e. The average molecular weight is 200 g/mol. The molecule has 0 amide bonds. The van der Waals surface area contributed by atoms with E-state index in [-0.39, 0.29) is 6.61 Å². The van der Waals surface area contributed by atoms with E-state index in [0.29, 0.717) is 0 Å². The van der Waals surface area contributed by atoms with Crippen LogP contribution >= 0.6 is 0 Å². The molecule has 0 N–H and O–H groups in total. The smallest absolute Gasteiger partial charge is 0.266 e. The van der Waals surface area contributed by atoms with E-state index in [1.807, 2.05) is 0 Å². The first kappa shape index (κ1) is 9.11. The molecule has 1 rings (SSSR count). The van der Waals surface area contributed by atoms with Crippen molar-refractivity contribution < 1.29 is 21.0 Å². The first-order valence-electron chi connectivity index (χ1n) is 2.97. The molecule has 3 atom stereocenters. The minimum absolute atomic E-state index is 0.0804. The van der Waals surface area contributed by atoms with Gasteiger partial charge in [-0.25, -0.2) is 8.42 Å². The summed E-state index contributed by atoms with van der Waals surface area (Å²) in [5.74, 6) is 0. The van der Waals surface area contributed by atoms with Gasteiger partial charge >= 0.3 is 11.4 Å². The zero-order valence-electron chi connectivity index (χ0n) is 5.76. The summed E-state index contributed by atoms with van der Waals surface area (Å²) in [6.45, 7) is 1.57. The fourth-order valence-corrected chi connectivity index (χ4v) is 1.86. The van der Waals surface area contributed by atoms with Crippen LogP contribution in [0.4, 0.5) is 0 Å². The van der Waals surface area contributed by atoms with Crippen LogP contribution in [0.5, 0.6) is 0 Å². The van der Waals surface area contributed by atoms with Crippen molar-refractivity contribution in [1.29, 1.82) is 0 Å². The molecular formula is C4H8O5S2. The van der Waals surface area contributed by atoms with Crippen molar-refractivity contribution in [2.45, 2.75) is 18.3 Å². The molecule has 0 radical (unpaired) electrons. The van der Waals surface area contributed by atoms with Crippen molar-refractivity contribution in [2.75, 3.05) is 6.61 Å². The van der Waals surface area contributed by atoms with Gasteiger partial charge in [0.15, 0.2) is 0 Å². The lowest BCUT2D eigenvalue weighted by Gasteiger charge is -2.06. The van der Waals surface area contributed by atoms with Crippen molar-refractivity contribution >= 4 is 22.1 Å². The molecule has 1 heterocycles. The highest BCUT2D eigenvalue weighted by Gasteiger charge is 2.30. The van der Waals surface area contributed by atoms with Crippen LogP contribution < -0.4 is 0 Å². The normalized spacial score (nSPS) is 34.4. The SMILES string of the molecule is CC(C1COS(=O)O1)[SH](=O)=O. The molecule has 1 fully saturated rings. The second-order valence-corrected chi connectivity index (χ2v) is 4.37. The third-order valence-electron chi connectivity index (χ3n) is 1.40. The van der Waals surface area contributed by atoms with Crippen molar-refractivity contribution in [1.82, 2.24) is 0 Å². The highest BCUT2D eigenvalue weighted by atomic mass is 32.2. The van der Waals surface area contributed by atoms with Gasteiger partial charge in [-0.15, -0.1) is 0 Å². The van der Waals surface area contributed by atoms with Crippen LogP contribution in [0.1, 0.15) is 6.92 Å². The molecule has 66 valence electrons. The van der Waals surface area contributed by atoms with Crippen LogP contribution in [-0.2, 0) is 30.4 Å². The van der Waals surface area contributed by atoms with E-state index in [1.165, 1.54) is 6.92 Å². The van der Waals surface area contributed by atoms with Crippen LogP contribution in [0, 0.1) is 0 Å². The maximum absolute atomic E-state index is 10.5. The second-order valence-electron chi connectivity index (χ2n) is 2.15. The Morgan fingerprint density at radius 2 is 2.27 bits per heavy atom. The molecule has 0 bridgehead atoms. The molecular weight excluding hydrogens is 192 g/mol. The maximum atomic E-state index is 10.5. The van der Waals surface area contributed by atoms with Gasteiger partial charge in [-0.2, -0.15) is 4.21 Å². The third-order valence-corrected chi connectivity index (χ3v) is 3.13. The minimum atomic E-state index is -2.53. The van der Waals surface area contributed by atoms with Gasteiger partial charge in [0.25, 0.3) is 0 Å². The Labute approximate surface area is 68.5 Å². The molecule has 0 spiro atoms. The van der Waals surface area contributed by atoms with E-state index < -0.39 is 33.4 Å². The summed E-state index contributed by atoms with van der Waals surface area (Å²) in [4.78, 5) is 0. The average Bonchev–Trinajstić information content (AvgIpc) is 2.34. The number of hydrogen-bond donors (Lipinski definition) is 1. The molecule has 5 nitrogen and oxygen atoms in total. The topological polar surface area (TPSA) is 69.7 Å². The van der Waals surface area contributed by atoms with Gasteiger partial charge in [0.05, 0.1) is 11.9 Å². The zero-order chi connectivity index (χ0) is 8.43. The Kier molecular flexibility index (Phi) is 2.99. The number of thiol groups is 1. The van der Waals surface area contributed by atoms with E-state index in [9.17, 15) is 12.6 Å². The summed E-state index contributed by atoms with van der Waals surface area (Å²) >= 11 is -1.76. The lowest BCUT2D eigenvalue weighted by molar-refractivity contribution is 0.237. The van der Waals surface area contributed by atoms with Crippen molar-refractivity contribution in [3.8, 4) is 0 Å². The molecule has 0 aromatic carbocycles.